The van der Waals surface area contributed by atoms with Crippen molar-refractivity contribution in [1.82, 2.24) is 19.7 Å². The number of piperidine rings is 1. The predicted octanol–water partition coefficient (Wildman–Crippen LogP) is 3.59. The molecule has 0 radical (unpaired) electrons. The number of carbonyl (C=O) groups excluding carboxylic acids is 1. The van der Waals surface area contributed by atoms with Crippen molar-refractivity contribution in [2.45, 2.75) is 57.7 Å². The van der Waals surface area contributed by atoms with Gasteiger partial charge in [-0.1, -0.05) is 5.16 Å². The number of alkyl halides is 3. The first-order valence-electron chi connectivity index (χ1n) is 9.86. The largest absolute Gasteiger partial charge is 0.435 e. The molecule has 0 spiro atoms. The molecule has 2 aliphatic rings. The monoisotopic (exact) mass is 441 g/mol. The fourth-order valence-electron chi connectivity index (χ4n) is 3.98. The second kappa shape index (κ2) is 8.01. The number of likely N-dealkylation sites (tertiary alicyclic amines) is 1. The number of thiazole rings is 1. The van der Waals surface area contributed by atoms with Crippen LogP contribution in [0.1, 0.15) is 58.6 Å². The van der Waals surface area contributed by atoms with E-state index in [2.05, 4.69) is 10.3 Å². The molecule has 0 aromatic carbocycles. The highest BCUT2D eigenvalue weighted by Gasteiger charge is 2.35. The molecule has 1 aliphatic heterocycles. The van der Waals surface area contributed by atoms with Gasteiger partial charge in [0.05, 0.1) is 21.3 Å². The first kappa shape index (κ1) is 20.8. The van der Waals surface area contributed by atoms with E-state index in [0.717, 1.165) is 58.4 Å². The first-order chi connectivity index (χ1) is 14.3. The lowest BCUT2D eigenvalue weighted by molar-refractivity contribution is -0.142. The van der Waals surface area contributed by atoms with E-state index in [-0.39, 0.29) is 18.4 Å². The molecule has 2 aromatic heterocycles. The van der Waals surface area contributed by atoms with Crippen molar-refractivity contribution in [2.75, 3.05) is 13.1 Å². The Bertz CT molecular complexity index is 973. The third-order valence-corrected chi connectivity index (χ3v) is 6.99. The summed E-state index contributed by atoms with van der Waals surface area (Å²) in [5, 5.41) is 17.1. The van der Waals surface area contributed by atoms with Crippen LogP contribution in [0.5, 0.6) is 0 Å². The molecule has 1 amide bonds. The second-order valence-electron chi connectivity index (χ2n) is 7.71. The van der Waals surface area contributed by atoms with E-state index in [1.165, 1.54) is 6.92 Å². The van der Waals surface area contributed by atoms with Gasteiger partial charge >= 0.3 is 6.18 Å². The van der Waals surface area contributed by atoms with Crippen molar-refractivity contribution in [3.8, 4) is 0 Å². The SMILES string of the molecule is Cc1cc(C(F)(F)F)nn1CC(=O)N1CCC(c2nc3c(s2)C(=NO)CCC3)CC1. The zero-order valence-electron chi connectivity index (χ0n) is 16.4. The van der Waals surface area contributed by atoms with Gasteiger partial charge in [0.2, 0.25) is 5.91 Å². The van der Waals surface area contributed by atoms with E-state index >= 15 is 0 Å². The molecule has 0 bridgehead atoms. The van der Waals surface area contributed by atoms with Crippen molar-refractivity contribution in [1.29, 1.82) is 0 Å². The van der Waals surface area contributed by atoms with Gasteiger partial charge < -0.3 is 10.1 Å². The highest BCUT2D eigenvalue weighted by Crippen LogP contribution is 2.36. The minimum atomic E-state index is -4.52. The standard InChI is InChI=1S/C19H22F3N5O2S/c1-11-9-15(19(20,21)22)24-27(11)10-16(28)26-7-5-12(6-8-26)18-23-13-3-2-4-14(25-29)17(13)30-18/h9,12,29H,2-8,10H2,1H3. The molecule has 3 heterocycles. The number of fused-ring (bicyclic) bond motifs is 1. The number of amides is 1. The van der Waals surface area contributed by atoms with Crippen LogP contribution in [0.2, 0.25) is 0 Å². The van der Waals surface area contributed by atoms with Gasteiger partial charge in [-0.2, -0.15) is 18.3 Å². The van der Waals surface area contributed by atoms with E-state index in [4.69, 9.17) is 4.98 Å². The van der Waals surface area contributed by atoms with Crippen LogP contribution in [-0.4, -0.2) is 49.6 Å². The summed E-state index contributed by atoms with van der Waals surface area (Å²) in [6.07, 6.45) is -0.478. The molecular formula is C19H22F3N5O2S. The second-order valence-corrected chi connectivity index (χ2v) is 8.74. The van der Waals surface area contributed by atoms with Crippen molar-refractivity contribution >= 4 is 23.0 Å². The Balaban J connectivity index is 1.38. The van der Waals surface area contributed by atoms with Crippen LogP contribution in [0.25, 0.3) is 0 Å². The number of oxime groups is 1. The molecule has 0 atom stereocenters. The normalized spacial score (nSPS) is 19.3. The van der Waals surface area contributed by atoms with Crippen molar-refractivity contribution in [3.05, 3.63) is 33.0 Å². The van der Waals surface area contributed by atoms with Crippen LogP contribution in [0.3, 0.4) is 0 Å². The molecule has 2 aromatic rings. The predicted molar refractivity (Wildman–Crippen MR) is 104 cm³/mol. The minimum absolute atomic E-state index is 0.200. The number of hydrogen-bond acceptors (Lipinski definition) is 6. The molecule has 1 N–H and O–H groups in total. The topological polar surface area (TPSA) is 83.6 Å². The van der Waals surface area contributed by atoms with Crippen LogP contribution in [0, 0.1) is 6.92 Å². The van der Waals surface area contributed by atoms with E-state index in [1.54, 1.807) is 16.2 Å². The maximum atomic E-state index is 12.8. The van der Waals surface area contributed by atoms with Gasteiger partial charge in [0.1, 0.15) is 6.54 Å². The molecule has 30 heavy (non-hydrogen) atoms. The van der Waals surface area contributed by atoms with Crippen LogP contribution < -0.4 is 0 Å². The zero-order chi connectivity index (χ0) is 21.5. The maximum absolute atomic E-state index is 12.8. The summed E-state index contributed by atoms with van der Waals surface area (Å²) in [4.78, 5) is 20.0. The van der Waals surface area contributed by atoms with Gasteiger partial charge in [0.25, 0.3) is 0 Å². The van der Waals surface area contributed by atoms with Crippen LogP contribution in [-0.2, 0) is 23.9 Å². The smallest absolute Gasteiger partial charge is 0.411 e. The number of aromatic nitrogens is 3. The van der Waals surface area contributed by atoms with Gasteiger partial charge in [-0.3, -0.25) is 9.48 Å². The number of carbonyl (C=O) groups is 1. The summed E-state index contributed by atoms with van der Waals surface area (Å²) in [6.45, 7) is 2.37. The molecule has 1 fully saturated rings. The summed E-state index contributed by atoms with van der Waals surface area (Å²) in [7, 11) is 0. The highest BCUT2D eigenvalue weighted by atomic mass is 32.1. The minimum Gasteiger partial charge on any atom is -0.411 e. The number of aryl methyl sites for hydroxylation is 2. The van der Waals surface area contributed by atoms with Gasteiger partial charge in [0, 0.05) is 24.7 Å². The number of hydrogen-bond donors (Lipinski definition) is 1. The summed E-state index contributed by atoms with van der Waals surface area (Å²) >= 11 is 1.57. The van der Waals surface area contributed by atoms with Gasteiger partial charge in [-0.15, -0.1) is 11.3 Å². The quantitative estimate of drug-likeness (QED) is 0.583. The fourth-order valence-corrected chi connectivity index (χ4v) is 5.28. The lowest BCUT2D eigenvalue weighted by Crippen LogP contribution is -2.40. The molecule has 162 valence electrons. The van der Waals surface area contributed by atoms with Crippen molar-refractivity contribution < 1.29 is 23.2 Å². The Labute approximate surface area is 175 Å². The van der Waals surface area contributed by atoms with E-state index in [9.17, 15) is 23.2 Å². The Morgan fingerprint density at radius 2 is 2.07 bits per heavy atom. The molecule has 0 unspecified atom stereocenters. The van der Waals surface area contributed by atoms with E-state index in [1.807, 2.05) is 0 Å². The third kappa shape index (κ3) is 4.07. The highest BCUT2D eigenvalue weighted by molar-refractivity contribution is 7.14. The first-order valence-corrected chi connectivity index (χ1v) is 10.7. The van der Waals surface area contributed by atoms with Crippen LogP contribution in [0.4, 0.5) is 13.2 Å². The Morgan fingerprint density at radius 1 is 1.33 bits per heavy atom. The lowest BCUT2D eigenvalue weighted by atomic mass is 9.97. The summed E-state index contributed by atoms with van der Waals surface area (Å²) in [5.41, 5.74) is 1.01. The van der Waals surface area contributed by atoms with Gasteiger partial charge in [-0.05, 0) is 45.1 Å². The van der Waals surface area contributed by atoms with Gasteiger partial charge in [0.15, 0.2) is 5.69 Å². The maximum Gasteiger partial charge on any atom is 0.435 e. The van der Waals surface area contributed by atoms with Crippen LogP contribution >= 0.6 is 11.3 Å². The lowest BCUT2D eigenvalue weighted by Gasteiger charge is -2.31. The Morgan fingerprint density at radius 3 is 2.70 bits per heavy atom. The van der Waals surface area contributed by atoms with E-state index in [0.29, 0.717) is 24.5 Å². The molecule has 4 rings (SSSR count). The van der Waals surface area contributed by atoms with E-state index < -0.39 is 11.9 Å². The zero-order valence-corrected chi connectivity index (χ0v) is 17.3. The average molecular weight is 441 g/mol. The Hall–Kier alpha value is -2.43. The van der Waals surface area contributed by atoms with Gasteiger partial charge in [-0.25, -0.2) is 4.98 Å². The molecule has 7 nitrogen and oxygen atoms in total. The number of nitrogens with zero attached hydrogens (tertiary/aromatic N) is 5. The molecule has 0 saturated carbocycles. The summed E-state index contributed by atoms with van der Waals surface area (Å²) < 4.78 is 39.6. The molecule has 1 aliphatic carbocycles. The molecule has 11 heteroatoms. The third-order valence-electron chi connectivity index (χ3n) is 5.68. The molecule has 1 saturated heterocycles. The number of halogens is 3. The van der Waals surface area contributed by atoms with Crippen molar-refractivity contribution in [2.24, 2.45) is 5.16 Å². The van der Waals surface area contributed by atoms with Crippen molar-refractivity contribution in [3.63, 3.8) is 0 Å². The molecular weight excluding hydrogens is 419 g/mol. The number of rotatable bonds is 3. The average Bonchev–Trinajstić information content (AvgIpc) is 3.31. The Kier molecular flexibility index (Phi) is 5.56. The van der Waals surface area contributed by atoms with Crippen LogP contribution in [0.15, 0.2) is 11.2 Å². The summed E-state index contributed by atoms with van der Waals surface area (Å²) in [5.74, 6) is -0.00521. The fraction of sp³-hybridized carbons (Fsp3) is 0.579. The summed E-state index contributed by atoms with van der Waals surface area (Å²) in [6, 6.07) is 0.952.